The molecule has 37 heavy (non-hydrogen) atoms. The monoisotopic (exact) mass is 499 g/mol. The molecule has 2 aliphatic rings. The second kappa shape index (κ2) is 8.64. The lowest BCUT2D eigenvalue weighted by atomic mass is 9.97. The van der Waals surface area contributed by atoms with E-state index in [-0.39, 0.29) is 11.9 Å². The Hall–Kier alpha value is -3.81. The van der Waals surface area contributed by atoms with Crippen molar-refractivity contribution in [3.63, 3.8) is 0 Å². The highest BCUT2D eigenvalue weighted by Crippen LogP contribution is 2.38. The first kappa shape index (κ1) is 23.6. The summed E-state index contributed by atoms with van der Waals surface area (Å²) < 4.78 is 4.62. The van der Waals surface area contributed by atoms with Gasteiger partial charge in [0.15, 0.2) is 5.82 Å². The number of carbonyl (C=O) groups excluding carboxylic acids is 1. The number of nitrogens with zero attached hydrogens (tertiary/aromatic N) is 4. The SMILES string of the molecule is Cc1ccc2cc(-c3nc4cc5c(cc4n3C)CCN(CC(C)NC(=O)O)C5=O)n(CC3CC3)c2c1C. The number of carbonyl (C=O) groups is 2. The van der Waals surface area contributed by atoms with E-state index in [0.717, 1.165) is 47.0 Å². The van der Waals surface area contributed by atoms with Crippen LogP contribution in [0.25, 0.3) is 33.5 Å². The molecule has 8 nitrogen and oxygen atoms in total. The van der Waals surface area contributed by atoms with Crippen LogP contribution < -0.4 is 5.32 Å². The van der Waals surface area contributed by atoms with Crippen molar-refractivity contribution in [2.75, 3.05) is 13.1 Å². The molecule has 8 heteroatoms. The third kappa shape index (κ3) is 4.04. The molecular formula is C29H33N5O3. The fourth-order valence-corrected chi connectivity index (χ4v) is 5.78. The van der Waals surface area contributed by atoms with Gasteiger partial charge in [0, 0.05) is 43.7 Å². The van der Waals surface area contributed by atoms with Gasteiger partial charge in [-0.2, -0.15) is 0 Å². The summed E-state index contributed by atoms with van der Waals surface area (Å²) in [5.74, 6) is 1.57. The van der Waals surface area contributed by atoms with E-state index in [0.29, 0.717) is 18.7 Å². The highest BCUT2D eigenvalue weighted by atomic mass is 16.4. The molecule has 6 rings (SSSR count). The minimum atomic E-state index is -1.08. The predicted molar refractivity (Wildman–Crippen MR) is 144 cm³/mol. The highest BCUT2D eigenvalue weighted by molar-refractivity contribution is 6.01. The Kier molecular flexibility index (Phi) is 5.51. The molecule has 1 aliphatic carbocycles. The van der Waals surface area contributed by atoms with Crippen molar-refractivity contribution in [1.82, 2.24) is 24.3 Å². The lowest BCUT2D eigenvalue weighted by Crippen LogP contribution is -2.46. The number of benzene rings is 2. The molecule has 1 saturated carbocycles. The molecule has 1 atom stereocenters. The van der Waals surface area contributed by atoms with Crippen LogP contribution in [0.15, 0.2) is 30.3 Å². The summed E-state index contributed by atoms with van der Waals surface area (Å²) in [6.45, 7) is 8.06. The molecule has 3 heterocycles. The number of fused-ring (bicyclic) bond motifs is 3. The van der Waals surface area contributed by atoms with Crippen molar-refractivity contribution in [1.29, 1.82) is 0 Å². The number of nitrogens with one attached hydrogen (secondary N) is 1. The second-order valence-electron chi connectivity index (χ2n) is 10.9. The van der Waals surface area contributed by atoms with E-state index in [9.17, 15) is 9.59 Å². The van der Waals surface area contributed by atoms with Crippen LogP contribution in [0.1, 0.15) is 46.8 Å². The van der Waals surface area contributed by atoms with Crippen molar-refractivity contribution in [3.8, 4) is 11.5 Å². The Morgan fingerprint density at radius 3 is 2.73 bits per heavy atom. The number of amides is 2. The fraction of sp³-hybridized carbons (Fsp3) is 0.414. The van der Waals surface area contributed by atoms with Gasteiger partial charge in [0.05, 0.1) is 22.2 Å². The molecule has 2 aromatic carbocycles. The number of rotatable bonds is 6. The molecule has 1 aliphatic heterocycles. The van der Waals surface area contributed by atoms with Crippen LogP contribution in [0.2, 0.25) is 0 Å². The van der Waals surface area contributed by atoms with Gasteiger partial charge in [-0.25, -0.2) is 9.78 Å². The molecule has 0 spiro atoms. The van der Waals surface area contributed by atoms with Gasteiger partial charge >= 0.3 is 6.09 Å². The van der Waals surface area contributed by atoms with Crippen molar-refractivity contribution in [3.05, 3.63) is 52.6 Å². The van der Waals surface area contributed by atoms with E-state index in [2.05, 4.69) is 59.6 Å². The number of aromatic nitrogens is 3. The summed E-state index contributed by atoms with van der Waals surface area (Å²) in [5.41, 5.74) is 8.53. The Morgan fingerprint density at radius 2 is 2.00 bits per heavy atom. The molecule has 1 unspecified atom stereocenters. The zero-order chi connectivity index (χ0) is 26.0. The zero-order valence-electron chi connectivity index (χ0n) is 21.8. The van der Waals surface area contributed by atoms with Crippen molar-refractivity contribution in [2.24, 2.45) is 13.0 Å². The van der Waals surface area contributed by atoms with Crippen molar-refractivity contribution < 1.29 is 14.7 Å². The maximum Gasteiger partial charge on any atom is 0.404 e. The van der Waals surface area contributed by atoms with Gasteiger partial charge in [0.1, 0.15) is 0 Å². The van der Waals surface area contributed by atoms with Gasteiger partial charge in [-0.3, -0.25) is 4.79 Å². The smallest absolute Gasteiger partial charge is 0.404 e. The Bertz CT molecular complexity index is 1580. The number of hydrogen-bond acceptors (Lipinski definition) is 3. The van der Waals surface area contributed by atoms with Crippen molar-refractivity contribution in [2.45, 2.75) is 52.6 Å². The van der Waals surface area contributed by atoms with E-state index < -0.39 is 6.09 Å². The standard InChI is InChI=1S/C29H33N5O3/c1-16-5-8-21-12-25(34(15-19-6-7-19)26(21)18(16)3)27-31-23-13-22-20(11-24(23)32(27)4)9-10-33(28(22)35)14-17(2)30-29(36)37/h5,8,11-13,17,19,30H,6-7,9-10,14-15H2,1-4H3,(H,36,37). The fourth-order valence-electron chi connectivity index (χ4n) is 5.78. The summed E-state index contributed by atoms with van der Waals surface area (Å²) in [6, 6.07) is 10.3. The quantitative estimate of drug-likeness (QED) is 0.396. The van der Waals surface area contributed by atoms with Gasteiger partial charge in [0.25, 0.3) is 5.91 Å². The number of aryl methyl sites for hydroxylation is 3. The van der Waals surface area contributed by atoms with E-state index >= 15 is 0 Å². The van der Waals surface area contributed by atoms with Gasteiger partial charge < -0.3 is 24.5 Å². The van der Waals surface area contributed by atoms with Crippen LogP contribution in [-0.4, -0.2) is 55.3 Å². The van der Waals surface area contributed by atoms with E-state index in [4.69, 9.17) is 10.1 Å². The third-order valence-electron chi connectivity index (χ3n) is 8.09. The first-order valence-electron chi connectivity index (χ1n) is 13.1. The summed E-state index contributed by atoms with van der Waals surface area (Å²) in [7, 11) is 2.06. The van der Waals surface area contributed by atoms with E-state index in [1.807, 2.05) is 6.07 Å². The third-order valence-corrected chi connectivity index (χ3v) is 8.09. The van der Waals surface area contributed by atoms with Gasteiger partial charge in [-0.05, 0) is 80.8 Å². The van der Waals surface area contributed by atoms with Crippen LogP contribution in [0.5, 0.6) is 0 Å². The minimum Gasteiger partial charge on any atom is -0.465 e. The molecule has 4 aromatic rings. The first-order valence-corrected chi connectivity index (χ1v) is 13.1. The summed E-state index contributed by atoms with van der Waals surface area (Å²) in [6.07, 6.45) is 2.21. The van der Waals surface area contributed by atoms with Gasteiger partial charge in [-0.1, -0.05) is 12.1 Å². The van der Waals surface area contributed by atoms with Crippen molar-refractivity contribution >= 4 is 33.9 Å². The van der Waals surface area contributed by atoms with Crippen LogP contribution in [0.3, 0.4) is 0 Å². The molecule has 0 saturated heterocycles. The molecule has 0 radical (unpaired) electrons. The molecule has 192 valence electrons. The topological polar surface area (TPSA) is 92.4 Å². The predicted octanol–water partition coefficient (Wildman–Crippen LogP) is 4.88. The molecule has 1 fully saturated rings. The molecule has 2 aromatic heterocycles. The summed E-state index contributed by atoms with van der Waals surface area (Å²) in [5, 5.41) is 12.7. The first-order chi connectivity index (χ1) is 17.7. The molecular weight excluding hydrogens is 466 g/mol. The number of hydrogen-bond donors (Lipinski definition) is 2. The average molecular weight is 500 g/mol. The van der Waals surface area contributed by atoms with Crippen LogP contribution in [0.4, 0.5) is 4.79 Å². The Balaban J connectivity index is 1.42. The van der Waals surface area contributed by atoms with E-state index in [1.165, 1.54) is 34.9 Å². The zero-order valence-corrected chi connectivity index (χ0v) is 21.8. The minimum absolute atomic E-state index is 0.0664. The molecule has 2 amide bonds. The van der Waals surface area contributed by atoms with Crippen LogP contribution in [-0.2, 0) is 20.0 Å². The summed E-state index contributed by atoms with van der Waals surface area (Å²) >= 11 is 0. The van der Waals surface area contributed by atoms with E-state index in [1.54, 1.807) is 11.8 Å². The maximum atomic E-state index is 13.3. The molecule has 0 bridgehead atoms. The van der Waals surface area contributed by atoms with Gasteiger partial charge in [-0.15, -0.1) is 0 Å². The normalized spacial score (nSPS) is 16.4. The Labute approximate surface area is 215 Å². The largest absolute Gasteiger partial charge is 0.465 e. The van der Waals surface area contributed by atoms with Crippen LogP contribution in [0, 0.1) is 19.8 Å². The lowest BCUT2D eigenvalue weighted by molar-refractivity contribution is 0.0723. The molecule has 2 N–H and O–H groups in total. The van der Waals surface area contributed by atoms with Gasteiger partial charge in [0.2, 0.25) is 0 Å². The Morgan fingerprint density at radius 1 is 1.22 bits per heavy atom. The average Bonchev–Trinajstić information content (AvgIpc) is 3.52. The van der Waals surface area contributed by atoms with Crippen LogP contribution >= 0.6 is 0 Å². The number of imidazole rings is 1. The maximum absolute atomic E-state index is 13.3. The summed E-state index contributed by atoms with van der Waals surface area (Å²) in [4.78, 5) is 31.1. The second-order valence-corrected chi connectivity index (χ2v) is 10.9. The number of carboxylic acid groups (broad SMARTS) is 1. The highest BCUT2D eigenvalue weighted by Gasteiger charge is 2.29. The lowest BCUT2D eigenvalue weighted by Gasteiger charge is -2.30.